The number of ether oxygens (including phenoxy) is 1. The van der Waals surface area contributed by atoms with Gasteiger partial charge < -0.3 is 4.74 Å². The molecule has 0 saturated heterocycles. The minimum absolute atomic E-state index is 0.596. The van der Waals surface area contributed by atoms with E-state index in [1.54, 1.807) is 11.3 Å². The van der Waals surface area contributed by atoms with Crippen LogP contribution in [0.2, 0.25) is 0 Å². The Morgan fingerprint density at radius 3 is 2.55 bits per heavy atom. The molecular formula is C17H17NOS. The summed E-state index contributed by atoms with van der Waals surface area (Å²) in [6.45, 7) is 4.79. The fourth-order valence-corrected chi connectivity index (χ4v) is 2.96. The molecule has 0 saturated carbocycles. The van der Waals surface area contributed by atoms with Gasteiger partial charge in [0.05, 0.1) is 15.2 Å². The molecule has 0 unspecified atom stereocenters. The second-order valence-corrected chi connectivity index (χ2v) is 6.06. The molecule has 0 N–H and O–H groups in total. The molecule has 1 aromatic heterocycles. The second kappa shape index (κ2) is 5.63. The SMILES string of the molecule is CCc1ccc(COc2ccc3sc(C)nc3c2)cc1. The summed E-state index contributed by atoms with van der Waals surface area (Å²) in [5.74, 6) is 0.877. The molecule has 0 amide bonds. The second-order valence-electron chi connectivity index (χ2n) is 4.82. The molecule has 0 aliphatic rings. The van der Waals surface area contributed by atoms with Gasteiger partial charge in [-0.2, -0.15) is 0 Å². The Morgan fingerprint density at radius 1 is 1.05 bits per heavy atom. The van der Waals surface area contributed by atoms with Crippen molar-refractivity contribution in [2.75, 3.05) is 0 Å². The predicted molar refractivity (Wildman–Crippen MR) is 84.5 cm³/mol. The zero-order valence-electron chi connectivity index (χ0n) is 11.7. The van der Waals surface area contributed by atoms with E-state index in [0.717, 1.165) is 22.7 Å². The van der Waals surface area contributed by atoms with Gasteiger partial charge in [0.2, 0.25) is 0 Å². The van der Waals surface area contributed by atoms with E-state index in [-0.39, 0.29) is 0 Å². The lowest BCUT2D eigenvalue weighted by atomic mass is 10.1. The lowest BCUT2D eigenvalue weighted by Crippen LogP contribution is -1.95. The summed E-state index contributed by atoms with van der Waals surface area (Å²) < 4.78 is 7.06. The van der Waals surface area contributed by atoms with Crippen LogP contribution in [0.15, 0.2) is 42.5 Å². The number of thiazole rings is 1. The molecule has 102 valence electrons. The van der Waals surface area contributed by atoms with Crippen molar-refractivity contribution in [3.05, 3.63) is 58.6 Å². The van der Waals surface area contributed by atoms with Crippen LogP contribution in [-0.2, 0) is 13.0 Å². The van der Waals surface area contributed by atoms with Crippen molar-refractivity contribution in [3.63, 3.8) is 0 Å². The molecule has 2 nitrogen and oxygen atoms in total. The maximum atomic E-state index is 5.85. The van der Waals surface area contributed by atoms with Gasteiger partial charge >= 0.3 is 0 Å². The van der Waals surface area contributed by atoms with Crippen LogP contribution in [-0.4, -0.2) is 4.98 Å². The smallest absolute Gasteiger partial charge is 0.122 e. The fourth-order valence-electron chi connectivity index (χ4n) is 2.15. The van der Waals surface area contributed by atoms with Crippen LogP contribution >= 0.6 is 11.3 Å². The van der Waals surface area contributed by atoms with Crippen LogP contribution in [0.5, 0.6) is 5.75 Å². The summed E-state index contributed by atoms with van der Waals surface area (Å²) in [6.07, 6.45) is 1.07. The van der Waals surface area contributed by atoms with Gasteiger partial charge in [-0.3, -0.25) is 0 Å². The monoisotopic (exact) mass is 283 g/mol. The Hall–Kier alpha value is -1.87. The normalized spacial score (nSPS) is 10.9. The van der Waals surface area contributed by atoms with E-state index in [0.29, 0.717) is 6.61 Å². The fraction of sp³-hybridized carbons (Fsp3) is 0.235. The highest BCUT2D eigenvalue weighted by Gasteiger charge is 2.03. The molecule has 0 atom stereocenters. The summed E-state index contributed by atoms with van der Waals surface area (Å²) in [4.78, 5) is 4.49. The molecule has 0 aliphatic carbocycles. The summed E-state index contributed by atoms with van der Waals surface area (Å²) >= 11 is 1.71. The van der Waals surface area contributed by atoms with Crippen LogP contribution in [0.1, 0.15) is 23.1 Å². The van der Waals surface area contributed by atoms with E-state index in [1.165, 1.54) is 15.8 Å². The van der Waals surface area contributed by atoms with E-state index < -0.39 is 0 Å². The Balaban J connectivity index is 1.72. The summed E-state index contributed by atoms with van der Waals surface area (Å²) in [5.41, 5.74) is 3.57. The third-order valence-corrected chi connectivity index (χ3v) is 4.25. The Labute approximate surface area is 123 Å². The van der Waals surface area contributed by atoms with Gasteiger partial charge in [-0.25, -0.2) is 4.98 Å². The van der Waals surface area contributed by atoms with Crippen LogP contribution < -0.4 is 4.74 Å². The average Bonchev–Trinajstić information content (AvgIpc) is 2.85. The van der Waals surface area contributed by atoms with E-state index in [9.17, 15) is 0 Å². The molecule has 0 spiro atoms. The number of benzene rings is 2. The third-order valence-electron chi connectivity index (χ3n) is 3.30. The van der Waals surface area contributed by atoms with Crippen LogP contribution in [0.25, 0.3) is 10.2 Å². The van der Waals surface area contributed by atoms with Crippen molar-refractivity contribution in [2.24, 2.45) is 0 Å². The molecule has 2 aromatic carbocycles. The number of nitrogens with zero attached hydrogens (tertiary/aromatic N) is 1. The van der Waals surface area contributed by atoms with Crippen LogP contribution in [0.3, 0.4) is 0 Å². The first-order valence-corrected chi connectivity index (χ1v) is 7.64. The van der Waals surface area contributed by atoms with Gasteiger partial charge in [-0.05, 0) is 36.6 Å². The minimum Gasteiger partial charge on any atom is -0.489 e. The number of fused-ring (bicyclic) bond motifs is 1. The van der Waals surface area contributed by atoms with Gasteiger partial charge in [0.1, 0.15) is 12.4 Å². The van der Waals surface area contributed by atoms with Crippen molar-refractivity contribution in [3.8, 4) is 5.75 Å². The number of aromatic nitrogens is 1. The highest BCUT2D eigenvalue weighted by atomic mass is 32.1. The maximum absolute atomic E-state index is 5.85. The first kappa shape index (κ1) is 13.1. The van der Waals surface area contributed by atoms with Crippen LogP contribution in [0, 0.1) is 6.92 Å². The number of hydrogen-bond acceptors (Lipinski definition) is 3. The molecule has 3 aromatic rings. The topological polar surface area (TPSA) is 22.1 Å². The van der Waals surface area contributed by atoms with Crippen molar-refractivity contribution >= 4 is 21.6 Å². The van der Waals surface area contributed by atoms with Crippen LogP contribution in [0.4, 0.5) is 0 Å². The van der Waals surface area contributed by atoms with Gasteiger partial charge in [-0.15, -0.1) is 11.3 Å². The van der Waals surface area contributed by atoms with Gasteiger partial charge in [0, 0.05) is 6.07 Å². The largest absolute Gasteiger partial charge is 0.489 e. The lowest BCUT2D eigenvalue weighted by molar-refractivity contribution is 0.306. The first-order chi connectivity index (χ1) is 9.74. The number of aryl methyl sites for hydroxylation is 2. The highest BCUT2D eigenvalue weighted by molar-refractivity contribution is 7.18. The van der Waals surface area contributed by atoms with Gasteiger partial charge in [0.15, 0.2) is 0 Å². The summed E-state index contributed by atoms with van der Waals surface area (Å²) in [7, 11) is 0. The van der Waals surface area contributed by atoms with E-state index in [2.05, 4.69) is 42.2 Å². The number of rotatable bonds is 4. The molecule has 3 heteroatoms. The van der Waals surface area contributed by atoms with E-state index in [1.807, 2.05) is 19.1 Å². The van der Waals surface area contributed by atoms with E-state index >= 15 is 0 Å². The van der Waals surface area contributed by atoms with Crippen molar-refractivity contribution in [2.45, 2.75) is 26.9 Å². The Kier molecular flexibility index (Phi) is 3.70. The quantitative estimate of drug-likeness (QED) is 0.689. The first-order valence-electron chi connectivity index (χ1n) is 6.82. The highest BCUT2D eigenvalue weighted by Crippen LogP contribution is 2.26. The lowest BCUT2D eigenvalue weighted by Gasteiger charge is -2.06. The Bertz CT molecular complexity index is 715. The standard InChI is InChI=1S/C17H17NOS/c1-3-13-4-6-14(7-5-13)11-19-15-8-9-17-16(10-15)18-12(2)20-17/h4-10H,3,11H2,1-2H3. The zero-order chi connectivity index (χ0) is 13.9. The molecule has 0 aliphatic heterocycles. The molecule has 0 bridgehead atoms. The minimum atomic E-state index is 0.596. The zero-order valence-corrected chi connectivity index (χ0v) is 12.5. The van der Waals surface area contributed by atoms with Gasteiger partial charge in [0.25, 0.3) is 0 Å². The number of hydrogen-bond donors (Lipinski definition) is 0. The van der Waals surface area contributed by atoms with Crippen molar-refractivity contribution < 1.29 is 4.74 Å². The molecule has 1 heterocycles. The molecule has 0 fully saturated rings. The predicted octanol–water partition coefficient (Wildman–Crippen LogP) is 4.75. The Morgan fingerprint density at radius 2 is 1.80 bits per heavy atom. The molecular weight excluding hydrogens is 266 g/mol. The summed E-state index contributed by atoms with van der Waals surface area (Å²) in [6, 6.07) is 14.7. The summed E-state index contributed by atoms with van der Waals surface area (Å²) in [5, 5.41) is 1.09. The maximum Gasteiger partial charge on any atom is 0.122 e. The third kappa shape index (κ3) is 2.83. The molecule has 20 heavy (non-hydrogen) atoms. The van der Waals surface area contributed by atoms with Crippen molar-refractivity contribution in [1.82, 2.24) is 4.98 Å². The molecule has 0 radical (unpaired) electrons. The van der Waals surface area contributed by atoms with Gasteiger partial charge in [-0.1, -0.05) is 31.2 Å². The van der Waals surface area contributed by atoms with E-state index in [4.69, 9.17) is 4.74 Å². The van der Waals surface area contributed by atoms with Crippen molar-refractivity contribution in [1.29, 1.82) is 0 Å². The average molecular weight is 283 g/mol. The molecule has 3 rings (SSSR count).